The molecule has 0 saturated carbocycles. The molecule has 0 radical (unpaired) electrons. The fourth-order valence-electron chi connectivity index (χ4n) is 2.56. The number of rotatable bonds is 6. The molecule has 5 heteroatoms. The molecule has 1 aromatic carbocycles. The Morgan fingerprint density at radius 2 is 2.05 bits per heavy atom. The second-order valence-corrected chi connectivity index (χ2v) is 6.14. The normalized spacial score (nSPS) is 14.4. The molecule has 1 aromatic heterocycles. The van der Waals surface area contributed by atoms with E-state index in [0.29, 0.717) is 24.1 Å². The Morgan fingerprint density at radius 1 is 1.29 bits per heavy atom. The number of hydrogen-bond donors (Lipinski definition) is 1. The molecule has 1 N–H and O–H groups in total. The topological polar surface area (TPSA) is 51.0 Å². The van der Waals surface area contributed by atoms with E-state index in [-0.39, 0.29) is 12.0 Å². The summed E-state index contributed by atoms with van der Waals surface area (Å²) in [5, 5.41) is 8.09. The fraction of sp³-hybridized carbons (Fsp3) is 0.500. The lowest BCUT2D eigenvalue weighted by Crippen LogP contribution is -2.32. The maximum atomic E-state index is 6.00. The summed E-state index contributed by atoms with van der Waals surface area (Å²) < 4.78 is 5.48. The molecule has 4 nitrogen and oxygen atoms in total. The van der Waals surface area contributed by atoms with Gasteiger partial charge in [-0.25, -0.2) is 0 Å². The summed E-state index contributed by atoms with van der Waals surface area (Å²) in [7, 11) is 1.95. The van der Waals surface area contributed by atoms with E-state index in [9.17, 15) is 0 Å². The van der Waals surface area contributed by atoms with E-state index in [2.05, 4.69) is 36.2 Å². The molecule has 1 heterocycles. The monoisotopic (exact) mass is 307 g/mol. The zero-order valence-corrected chi connectivity index (χ0v) is 13.7. The average Bonchev–Trinajstić information content (AvgIpc) is 2.86. The largest absolute Gasteiger partial charge is 0.339 e. The number of aromatic nitrogens is 2. The van der Waals surface area contributed by atoms with Crippen LogP contribution in [0.3, 0.4) is 0 Å². The summed E-state index contributed by atoms with van der Waals surface area (Å²) in [4.78, 5) is 4.56. The Hall–Kier alpha value is -1.39. The molecule has 0 aliphatic heterocycles. The van der Waals surface area contributed by atoms with Crippen molar-refractivity contribution in [2.24, 2.45) is 5.92 Å². The zero-order valence-electron chi connectivity index (χ0n) is 12.9. The summed E-state index contributed by atoms with van der Waals surface area (Å²) in [6.45, 7) is 6.46. The van der Waals surface area contributed by atoms with Crippen molar-refractivity contribution in [1.29, 1.82) is 0 Å². The molecule has 2 unspecified atom stereocenters. The molecule has 0 fully saturated rings. The van der Waals surface area contributed by atoms with E-state index in [1.807, 2.05) is 31.3 Å². The lowest BCUT2D eigenvalue weighted by atomic mass is 9.89. The molecule has 0 bridgehead atoms. The molecule has 0 aliphatic rings. The minimum atomic E-state index is 0.204. The fourth-order valence-corrected chi connectivity index (χ4v) is 2.77. The number of nitrogens with one attached hydrogen (secondary N) is 1. The molecule has 21 heavy (non-hydrogen) atoms. The predicted molar refractivity (Wildman–Crippen MR) is 84.7 cm³/mol. The van der Waals surface area contributed by atoms with Gasteiger partial charge in [0.05, 0.1) is 5.92 Å². The van der Waals surface area contributed by atoms with Gasteiger partial charge in [0.1, 0.15) is 0 Å². The molecule has 2 aromatic rings. The summed E-state index contributed by atoms with van der Waals surface area (Å²) >= 11 is 6.00. The zero-order chi connectivity index (χ0) is 15.4. The van der Waals surface area contributed by atoms with E-state index in [4.69, 9.17) is 16.1 Å². The van der Waals surface area contributed by atoms with Gasteiger partial charge >= 0.3 is 0 Å². The summed E-state index contributed by atoms with van der Waals surface area (Å²) in [6, 6.07) is 8.00. The minimum Gasteiger partial charge on any atom is -0.339 e. The van der Waals surface area contributed by atoms with Crippen LogP contribution < -0.4 is 5.32 Å². The predicted octanol–water partition coefficient (Wildman–Crippen LogP) is 3.66. The van der Waals surface area contributed by atoms with Gasteiger partial charge in [-0.15, -0.1) is 0 Å². The van der Waals surface area contributed by atoms with Gasteiger partial charge in [-0.2, -0.15) is 4.98 Å². The number of halogens is 1. The average molecular weight is 308 g/mol. The SMILES string of the molecule is CNC(C)C(c1nc(Cc2cccc(Cl)c2)no1)C(C)C. The minimum absolute atomic E-state index is 0.204. The molecule has 0 aliphatic carbocycles. The maximum Gasteiger partial charge on any atom is 0.231 e. The third-order valence-corrected chi connectivity index (χ3v) is 3.97. The highest BCUT2D eigenvalue weighted by atomic mass is 35.5. The van der Waals surface area contributed by atoms with Gasteiger partial charge < -0.3 is 9.84 Å². The van der Waals surface area contributed by atoms with Gasteiger partial charge in [-0.1, -0.05) is 42.7 Å². The number of benzene rings is 1. The van der Waals surface area contributed by atoms with Crippen LogP contribution in [0.15, 0.2) is 28.8 Å². The van der Waals surface area contributed by atoms with Crippen LogP contribution >= 0.6 is 11.6 Å². The lowest BCUT2D eigenvalue weighted by molar-refractivity contribution is 0.285. The van der Waals surface area contributed by atoms with Crippen LogP contribution in [-0.4, -0.2) is 23.2 Å². The van der Waals surface area contributed by atoms with Crippen molar-refractivity contribution in [2.45, 2.75) is 39.2 Å². The van der Waals surface area contributed by atoms with Crippen LogP contribution in [0.5, 0.6) is 0 Å². The highest BCUT2D eigenvalue weighted by Gasteiger charge is 2.27. The number of nitrogens with zero attached hydrogens (tertiary/aromatic N) is 2. The van der Waals surface area contributed by atoms with Crippen molar-refractivity contribution in [1.82, 2.24) is 15.5 Å². The maximum absolute atomic E-state index is 6.00. The van der Waals surface area contributed by atoms with Gasteiger partial charge in [-0.3, -0.25) is 0 Å². The molecule has 0 amide bonds. The molecule has 2 atom stereocenters. The van der Waals surface area contributed by atoms with Gasteiger partial charge in [0.15, 0.2) is 5.82 Å². The Bertz CT molecular complexity index is 582. The number of likely N-dealkylation sites (N-methyl/N-ethyl adjacent to an activating group) is 1. The first-order valence-corrected chi connectivity index (χ1v) is 7.63. The van der Waals surface area contributed by atoms with E-state index >= 15 is 0 Å². The molecule has 114 valence electrons. The van der Waals surface area contributed by atoms with Crippen LogP contribution in [0.4, 0.5) is 0 Å². The highest BCUT2D eigenvalue weighted by molar-refractivity contribution is 6.30. The second-order valence-electron chi connectivity index (χ2n) is 5.70. The van der Waals surface area contributed by atoms with Crippen molar-refractivity contribution in [3.8, 4) is 0 Å². The van der Waals surface area contributed by atoms with Crippen molar-refractivity contribution in [3.05, 3.63) is 46.6 Å². The highest BCUT2D eigenvalue weighted by Crippen LogP contribution is 2.27. The van der Waals surface area contributed by atoms with Gasteiger partial charge in [0, 0.05) is 17.5 Å². The molecule has 2 rings (SSSR count). The Kier molecular flexibility index (Phi) is 5.37. The van der Waals surface area contributed by atoms with Gasteiger partial charge in [-0.05, 0) is 37.6 Å². The first-order valence-electron chi connectivity index (χ1n) is 7.25. The van der Waals surface area contributed by atoms with Crippen molar-refractivity contribution in [2.75, 3.05) is 7.05 Å². The standard InChI is InChI=1S/C16H22ClN3O/c1-10(2)15(11(3)18-4)16-19-14(20-21-16)9-12-6-5-7-13(17)8-12/h5-8,10-11,15,18H,9H2,1-4H3. The Morgan fingerprint density at radius 3 is 2.67 bits per heavy atom. The number of hydrogen-bond acceptors (Lipinski definition) is 4. The molecular weight excluding hydrogens is 286 g/mol. The quantitative estimate of drug-likeness (QED) is 0.885. The van der Waals surface area contributed by atoms with E-state index in [0.717, 1.165) is 10.6 Å². The summed E-state index contributed by atoms with van der Waals surface area (Å²) in [6.07, 6.45) is 0.628. The van der Waals surface area contributed by atoms with Gasteiger partial charge in [0.2, 0.25) is 5.89 Å². The van der Waals surface area contributed by atoms with Crippen LogP contribution in [0, 0.1) is 5.92 Å². The van der Waals surface area contributed by atoms with Crippen LogP contribution in [0.1, 0.15) is 44.0 Å². The molecule has 0 spiro atoms. The Balaban J connectivity index is 2.16. The van der Waals surface area contributed by atoms with Crippen LogP contribution in [-0.2, 0) is 6.42 Å². The third-order valence-electron chi connectivity index (χ3n) is 3.73. The van der Waals surface area contributed by atoms with E-state index < -0.39 is 0 Å². The first-order chi connectivity index (χ1) is 10.0. The van der Waals surface area contributed by atoms with Crippen molar-refractivity contribution >= 4 is 11.6 Å². The van der Waals surface area contributed by atoms with E-state index in [1.165, 1.54) is 0 Å². The van der Waals surface area contributed by atoms with Gasteiger partial charge in [0.25, 0.3) is 0 Å². The van der Waals surface area contributed by atoms with Crippen molar-refractivity contribution < 1.29 is 4.52 Å². The van der Waals surface area contributed by atoms with E-state index in [1.54, 1.807) is 0 Å². The smallest absolute Gasteiger partial charge is 0.231 e. The summed E-state index contributed by atoms with van der Waals surface area (Å²) in [5.41, 5.74) is 1.08. The molecular formula is C16H22ClN3O. The third kappa shape index (κ3) is 4.05. The second kappa shape index (κ2) is 7.05. The van der Waals surface area contributed by atoms with Crippen molar-refractivity contribution in [3.63, 3.8) is 0 Å². The van der Waals surface area contributed by atoms with Crippen LogP contribution in [0.2, 0.25) is 5.02 Å². The van der Waals surface area contributed by atoms with Crippen LogP contribution in [0.25, 0.3) is 0 Å². The first kappa shape index (κ1) is 16.0. The lowest BCUT2D eigenvalue weighted by Gasteiger charge is -2.23. The molecule has 0 saturated heterocycles. The Labute approximate surface area is 130 Å². The summed E-state index contributed by atoms with van der Waals surface area (Å²) in [5.74, 6) is 2.02.